The van der Waals surface area contributed by atoms with Gasteiger partial charge in [0.05, 0.1) is 0 Å². The van der Waals surface area contributed by atoms with Crippen LogP contribution in [0.5, 0.6) is 0 Å². The van der Waals surface area contributed by atoms with Gasteiger partial charge in [-0.25, -0.2) is 0 Å². The molecular weight excluding hydrogens is 322 g/mol. The van der Waals surface area contributed by atoms with Gasteiger partial charge in [0.2, 0.25) is 0 Å². The highest BCUT2D eigenvalue weighted by atomic mass is 79.9. The third-order valence-corrected chi connectivity index (χ3v) is 4.69. The zero-order valence-electron chi connectivity index (χ0n) is 13.3. The lowest BCUT2D eigenvalue weighted by atomic mass is 9.99. The van der Waals surface area contributed by atoms with E-state index in [0.29, 0.717) is 12.1 Å². The van der Waals surface area contributed by atoms with Crippen molar-refractivity contribution in [3.8, 4) is 0 Å². The highest BCUT2D eigenvalue weighted by molar-refractivity contribution is 9.10. The molecule has 2 heteroatoms. The van der Waals surface area contributed by atoms with E-state index in [4.69, 9.17) is 0 Å². The molecule has 0 saturated heterocycles. The lowest BCUT2D eigenvalue weighted by molar-refractivity contribution is 0.456. The van der Waals surface area contributed by atoms with Crippen molar-refractivity contribution in [3.05, 3.63) is 69.2 Å². The number of halogens is 1. The van der Waals surface area contributed by atoms with Gasteiger partial charge in [-0.15, -0.1) is 0 Å². The second-order valence-corrected chi connectivity index (χ2v) is 6.66. The zero-order valence-corrected chi connectivity index (χ0v) is 14.9. The number of hydrogen-bond donors (Lipinski definition) is 1. The summed E-state index contributed by atoms with van der Waals surface area (Å²) in [5, 5.41) is 3.75. The van der Waals surface area contributed by atoms with Crippen LogP contribution in [-0.2, 0) is 0 Å². The molecule has 0 bridgehead atoms. The topological polar surface area (TPSA) is 12.0 Å². The first-order valence-electron chi connectivity index (χ1n) is 7.60. The summed E-state index contributed by atoms with van der Waals surface area (Å²) in [5.41, 5.74) is 5.41. The molecular formula is C19H24BrN. The first-order chi connectivity index (χ1) is 10.0. The Hall–Kier alpha value is -1.12. The Balaban J connectivity index is 2.13. The molecule has 1 N–H and O–H groups in total. The molecule has 0 spiro atoms. The number of rotatable bonds is 5. The van der Waals surface area contributed by atoms with Crippen LogP contribution in [0.2, 0.25) is 0 Å². The molecule has 0 saturated carbocycles. The molecule has 2 aromatic rings. The maximum atomic E-state index is 3.75. The van der Waals surface area contributed by atoms with Gasteiger partial charge < -0.3 is 5.32 Å². The third kappa shape index (κ3) is 4.18. The Kier molecular flexibility index (Phi) is 5.60. The lowest BCUT2D eigenvalue weighted by Gasteiger charge is -2.23. The van der Waals surface area contributed by atoms with Crippen molar-refractivity contribution in [2.75, 3.05) is 0 Å². The highest BCUT2D eigenvalue weighted by Gasteiger charge is 2.14. The van der Waals surface area contributed by atoms with E-state index in [1.165, 1.54) is 22.3 Å². The smallest absolute Gasteiger partial charge is 0.0323 e. The molecule has 0 aliphatic heterocycles. The number of aryl methyl sites for hydroxylation is 2. The summed E-state index contributed by atoms with van der Waals surface area (Å²) in [5.74, 6) is 0. The Morgan fingerprint density at radius 2 is 1.57 bits per heavy atom. The molecule has 0 fully saturated rings. The first kappa shape index (κ1) is 16.3. The molecule has 2 unspecified atom stereocenters. The first-order valence-corrected chi connectivity index (χ1v) is 8.39. The van der Waals surface area contributed by atoms with Gasteiger partial charge in [0.15, 0.2) is 0 Å². The molecule has 0 aliphatic carbocycles. The van der Waals surface area contributed by atoms with Crippen molar-refractivity contribution in [2.24, 2.45) is 0 Å². The van der Waals surface area contributed by atoms with E-state index in [0.717, 1.165) is 10.9 Å². The largest absolute Gasteiger partial charge is 0.303 e. The summed E-state index contributed by atoms with van der Waals surface area (Å²) in [6.07, 6.45) is 1.08. The molecule has 112 valence electrons. The van der Waals surface area contributed by atoms with Gasteiger partial charge in [-0.05, 0) is 61.6 Å². The maximum Gasteiger partial charge on any atom is 0.0323 e. The molecule has 0 aliphatic rings. The van der Waals surface area contributed by atoms with Crippen LogP contribution in [0.1, 0.15) is 54.6 Å². The van der Waals surface area contributed by atoms with E-state index in [2.05, 4.69) is 91.4 Å². The monoisotopic (exact) mass is 345 g/mol. The van der Waals surface area contributed by atoms with Crippen LogP contribution in [0, 0.1) is 13.8 Å². The quantitative estimate of drug-likeness (QED) is 0.714. The molecule has 0 amide bonds. The Morgan fingerprint density at radius 3 is 2.14 bits per heavy atom. The average Bonchev–Trinajstić information content (AvgIpc) is 2.48. The van der Waals surface area contributed by atoms with Crippen molar-refractivity contribution in [3.63, 3.8) is 0 Å². The second kappa shape index (κ2) is 7.24. The molecule has 0 heterocycles. The minimum Gasteiger partial charge on any atom is -0.303 e. The lowest BCUT2D eigenvalue weighted by Crippen LogP contribution is -2.24. The van der Waals surface area contributed by atoms with Crippen molar-refractivity contribution < 1.29 is 0 Å². The van der Waals surface area contributed by atoms with Crippen LogP contribution >= 0.6 is 15.9 Å². The van der Waals surface area contributed by atoms with Crippen LogP contribution in [-0.4, -0.2) is 0 Å². The number of benzene rings is 2. The molecule has 2 rings (SSSR count). The molecule has 0 aromatic heterocycles. The van der Waals surface area contributed by atoms with Crippen molar-refractivity contribution in [1.82, 2.24) is 5.32 Å². The van der Waals surface area contributed by atoms with Crippen LogP contribution in [0.15, 0.2) is 46.9 Å². The van der Waals surface area contributed by atoms with E-state index >= 15 is 0 Å². The van der Waals surface area contributed by atoms with Crippen LogP contribution in [0.25, 0.3) is 0 Å². The van der Waals surface area contributed by atoms with Crippen molar-refractivity contribution in [2.45, 2.75) is 46.2 Å². The number of nitrogens with one attached hydrogen (secondary N) is 1. The summed E-state index contributed by atoms with van der Waals surface area (Å²) < 4.78 is 1.13. The fraction of sp³-hybridized carbons (Fsp3) is 0.368. The van der Waals surface area contributed by atoms with Gasteiger partial charge >= 0.3 is 0 Å². The Labute approximate surface area is 136 Å². The van der Waals surface area contributed by atoms with E-state index in [-0.39, 0.29) is 0 Å². The van der Waals surface area contributed by atoms with Crippen LogP contribution in [0.4, 0.5) is 0 Å². The Bertz CT molecular complexity index is 589. The van der Waals surface area contributed by atoms with Crippen LogP contribution in [0.3, 0.4) is 0 Å². The van der Waals surface area contributed by atoms with Crippen LogP contribution < -0.4 is 5.32 Å². The number of hydrogen-bond acceptors (Lipinski definition) is 1. The summed E-state index contributed by atoms with van der Waals surface area (Å²) in [6.45, 7) is 8.81. The average molecular weight is 346 g/mol. The summed E-state index contributed by atoms with van der Waals surface area (Å²) >= 11 is 3.50. The summed E-state index contributed by atoms with van der Waals surface area (Å²) in [6, 6.07) is 16.1. The van der Waals surface area contributed by atoms with Gasteiger partial charge in [0.1, 0.15) is 0 Å². The third-order valence-electron chi connectivity index (χ3n) is 4.16. The highest BCUT2D eigenvalue weighted by Crippen LogP contribution is 2.24. The predicted octanol–water partition coefficient (Wildman–Crippen LogP) is 5.87. The fourth-order valence-corrected chi connectivity index (χ4v) is 2.84. The minimum absolute atomic E-state index is 0.345. The SMILES string of the molecule is CCC(NC(C)c1ccc(C)c(C)c1)c1ccc(Br)cc1. The summed E-state index contributed by atoms with van der Waals surface area (Å²) in [4.78, 5) is 0. The molecule has 2 atom stereocenters. The normalized spacial score (nSPS) is 14.0. The van der Waals surface area contributed by atoms with E-state index in [1.807, 2.05) is 0 Å². The van der Waals surface area contributed by atoms with Gasteiger partial charge in [0.25, 0.3) is 0 Å². The summed E-state index contributed by atoms with van der Waals surface area (Å²) in [7, 11) is 0. The van der Waals surface area contributed by atoms with Gasteiger partial charge in [-0.3, -0.25) is 0 Å². The minimum atomic E-state index is 0.345. The van der Waals surface area contributed by atoms with Crippen molar-refractivity contribution in [1.29, 1.82) is 0 Å². The standard InChI is InChI=1S/C19H24BrN/c1-5-19(16-8-10-18(20)11-9-16)21-15(4)17-7-6-13(2)14(3)12-17/h6-12,15,19,21H,5H2,1-4H3. The maximum absolute atomic E-state index is 3.75. The van der Waals surface area contributed by atoms with E-state index in [1.54, 1.807) is 0 Å². The van der Waals surface area contributed by atoms with Gasteiger partial charge in [-0.2, -0.15) is 0 Å². The predicted molar refractivity (Wildman–Crippen MR) is 94.6 cm³/mol. The molecule has 1 nitrogen and oxygen atoms in total. The zero-order chi connectivity index (χ0) is 15.4. The van der Waals surface area contributed by atoms with E-state index < -0.39 is 0 Å². The second-order valence-electron chi connectivity index (χ2n) is 5.74. The van der Waals surface area contributed by atoms with Crippen molar-refractivity contribution >= 4 is 15.9 Å². The van der Waals surface area contributed by atoms with E-state index in [9.17, 15) is 0 Å². The Morgan fingerprint density at radius 1 is 0.952 bits per heavy atom. The molecule has 2 aromatic carbocycles. The van der Waals surface area contributed by atoms with Gasteiger partial charge in [-0.1, -0.05) is 53.2 Å². The molecule has 0 radical (unpaired) electrons. The molecule has 21 heavy (non-hydrogen) atoms. The fourth-order valence-electron chi connectivity index (χ4n) is 2.58. The van der Waals surface area contributed by atoms with Gasteiger partial charge in [0, 0.05) is 16.6 Å².